The van der Waals surface area contributed by atoms with Gasteiger partial charge in [0.15, 0.2) is 13.9 Å². The molecule has 0 radical (unpaired) electrons. The molecule has 0 atom stereocenters. The second-order valence-electron chi connectivity index (χ2n) is 4.01. The summed E-state index contributed by atoms with van der Waals surface area (Å²) in [7, 11) is -7.84. The summed E-state index contributed by atoms with van der Waals surface area (Å²) in [6, 6.07) is 0. The Bertz CT molecular complexity index is 508. The molecule has 1 aliphatic carbocycles. The molecule has 1 fully saturated rings. The molecule has 0 heterocycles. The van der Waals surface area contributed by atoms with Gasteiger partial charge in [0.25, 0.3) is 9.84 Å². The van der Waals surface area contributed by atoms with Crippen molar-refractivity contribution in [1.82, 2.24) is 0 Å². The molecule has 0 unspecified atom stereocenters. The normalized spacial score (nSPS) is 21.1. The lowest BCUT2D eigenvalue weighted by atomic mass is 10.00. The van der Waals surface area contributed by atoms with Crippen LogP contribution in [-0.2, 0) is 19.7 Å². The van der Waals surface area contributed by atoms with Gasteiger partial charge >= 0.3 is 5.55 Å². The Morgan fingerprint density at radius 3 is 2.00 bits per heavy atom. The van der Waals surface area contributed by atoms with Gasteiger partial charge in [-0.25, -0.2) is 16.8 Å². The highest BCUT2D eigenvalue weighted by Gasteiger charge is 2.54. The minimum atomic E-state index is -4.08. The minimum Gasteiger partial charge on any atom is -0.361 e. The van der Waals surface area contributed by atoms with Crippen LogP contribution in [0, 0.1) is 0 Å². The van der Waals surface area contributed by atoms with E-state index in [0.29, 0.717) is 18.4 Å². The van der Waals surface area contributed by atoms with Crippen molar-refractivity contribution in [2.24, 2.45) is 0 Å². The van der Waals surface area contributed by atoms with E-state index in [1.807, 2.05) is 0 Å². The van der Waals surface area contributed by atoms with Gasteiger partial charge in [0, 0.05) is 6.26 Å². The molecule has 0 aromatic rings. The third-order valence-electron chi connectivity index (χ3n) is 3.00. The topological polar surface area (TPSA) is 105 Å². The van der Waals surface area contributed by atoms with Crippen molar-refractivity contribution < 1.29 is 21.6 Å². The average molecular weight is 266 g/mol. The maximum atomic E-state index is 11.9. The van der Waals surface area contributed by atoms with Crippen LogP contribution >= 0.6 is 0 Å². The lowest BCUT2D eigenvalue weighted by Gasteiger charge is -2.31. The Labute approximate surface area is 95.1 Å². The van der Waals surface area contributed by atoms with Crippen molar-refractivity contribution in [1.29, 1.82) is 0 Å². The molecule has 8 heteroatoms. The van der Waals surface area contributed by atoms with Crippen molar-refractivity contribution in [2.75, 3.05) is 6.26 Å². The van der Waals surface area contributed by atoms with Crippen LogP contribution in [0.4, 0.5) is 0 Å². The first kappa shape index (κ1) is 13.3. The number of nitrogens with zero attached hydrogens (tertiary/aromatic N) is 2. The van der Waals surface area contributed by atoms with Gasteiger partial charge in [0.1, 0.15) is 0 Å². The van der Waals surface area contributed by atoms with Crippen molar-refractivity contribution in [3.05, 3.63) is 5.53 Å². The van der Waals surface area contributed by atoms with E-state index in [0.717, 1.165) is 12.7 Å². The first-order valence-corrected chi connectivity index (χ1v) is 8.32. The third-order valence-corrected chi connectivity index (χ3v) is 8.18. The SMILES string of the molecule is CS(=O)(=O)C1(S(=O)(=O)C=[N+]=[N-])CCCCC1. The van der Waals surface area contributed by atoms with Gasteiger partial charge in [-0.3, -0.25) is 0 Å². The first-order valence-electron chi connectivity index (χ1n) is 4.88. The molecule has 0 bridgehead atoms. The van der Waals surface area contributed by atoms with Gasteiger partial charge in [-0.15, -0.1) is 0 Å². The molecule has 0 aromatic heterocycles. The van der Waals surface area contributed by atoms with E-state index < -0.39 is 23.8 Å². The second-order valence-corrected chi connectivity index (χ2v) is 8.68. The van der Waals surface area contributed by atoms with Gasteiger partial charge in [-0.2, -0.15) is 4.79 Å². The predicted octanol–water partition coefficient (Wildman–Crippen LogP) is 0.364. The Morgan fingerprint density at radius 2 is 1.62 bits per heavy atom. The Morgan fingerprint density at radius 1 is 1.12 bits per heavy atom. The lowest BCUT2D eigenvalue weighted by Crippen LogP contribution is -2.47. The van der Waals surface area contributed by atoms with Crippen LogP contribution < -0.4 is 0 Å². The molecular formula is C8H14N2O4S2. The lowest BCUT2D eigenvalue weighted by molar-refractivity contribution is 0.00739. The number of hydrogen-bond donors (Lipinski definition) is 0. The van der Waals surface area contributed by atoms with E-state index in [4.69, 9.17) is 5.53 Å². The fourth-order valence-electron chi connectivity index (χ4n) is 2.11. The third kappa shape index (κ3) is 2.05. The van der Waals surface area contributed by atoms with Gasteiger partial charge in [-0.05, 0) is 12.8 Å². The van der Waals surface area contributed by atoms with Crippen LogP contribution in [0.3, 0.4) is 0 Å². The van der Waals surface area contributed by atoms with Crippen molar-refractivity contribution >= 4 is 25.2 Å². The van der Waals surface area contributed by atoms with E-state index >= 15 is 0 Å². The zero-order valence-electron chi connectivity index (χ0n) is 8.96. The van der Waals surface area contributed by atoms with E-state index in [2.05, 4.69) is 4.79 Å². The van der Waals surface area contributed by atoms with Crippen LogP contribution in [0.15, 0.2) is 0 Å². The summed E-state index contributed by atoms with van der Waals surface area (Å²) in [5.74, 6) is 0. The molecule has 0 aliphatic heterocycles. The Kier molecular flexibility index (Phi) is 3.56. The molecule has 16 heavy (non-hydrogen) atoms. The number of sulfone groups is 2. The highest BCUT2D eigenvalue weighted by atomic mass is 32.3. The second kappa shape index (κ2) is 4.27. The summed E-state index contributed by atoms with van der Waals surface area (Å²) in [5, 5.41) is 0. The maximum absolute atomic E-state index is 11.9. The standard InChI is InChI=1S/C8H14N2O4S2/c1-15(11,12)8(5-3-2-4-6-8)16(13,14)7-10-9/h7H,2-6H2,1H3. The monoisotopic (exact) mass is 266 g/mol. The molecule has 0 spiro atoms. The summed E-state index contributed by atoms with van der Waals surface area (Å²) >= 11 is 0. The fourth-order valence-corrected chi connectivity index (χ4v) is 6.14. The van der Waals surface area contributed by atoms with Gasteiger partial charge in [0.05, 0.1) is 0 Å². The molecular weight excluding hydrogens is 252 g/mol. The van der Waals surface area contributed by atoms with E-state index in [-0.39, 0.29) is 12.8 Å². The van der Waals surface area contributed by atoms with Crippen molar-refractivity contribution in [3.8, 4) is 0 Å². The summed E-state index contributed by atoms with van der Waals surface area (Å²) in [5.41, 5.74) is 8.64. The highest BCUT2D eigenvalue weighted by molar-refractivity contribution is 8.16. The largest absolute Gasteiger partial charge is 0.371 e. The van der Waals surface area contributed by atoms with E-state index in [1.54, 1.807) is 0 Å². The van der Waals surface area contributed by atoms with Crippen LogP contribution in [-0.4, -0.2) is 37.5 Å². The van der Waals surface area contributed by atoms with Crippen molar-refractivity contribution in [2.45, 2.75) is 36.2 Å². The zero-order chi connectivity index (χ0) is 12.4. The maximum Gasteiger partial charge on any atom is 0.371 e. The van der Waals surface area contributed by atoms with Crippen LogP contribution in [0.25, 0.3) is 5.53 Å². The summed E-state index contributed by atoms with van der Waals surface area (Å²) in [4.78, 5) is 2.46. The van der Waals surface area contributed by atoms with E-state index in [1.165, 1.54) is 0 Å². The Balaban J connectivity index is 3.42. The molecule has 0 aromatic carbocycles. The molecule has 0 N–H and O–H groups in total. The van der Waals surface area contributed by atoms with Crippen molar-refractivity contribution in [3.63, 3.8) is 0 Å². The molecule has 1 saturated carbocycles. The van der Waals surface area contributed by atoms with Gasteiger partial charge in [0.2, 0.25) is 0 Å². The van der Waals surface area contributed by atoms with Crippen LogP contribution in [0.1, 0.15) is 32.1 Å². The first-order chi connectivity index (χ1) is 7.27. The predicted molar refractivity (Wildman–Crippen MR) is 59.3 cm³/mol. The quantitative estimate of drug-likeness (QED) is 0.318. The molecule has 6 nitrogen and oxygen atoms in total. The molecule has 0 amide bonds. The number of rotatable bonds is 3. The summed E-state index contributed by atoms with van der Waals surface area (Å²) < 4.78 is 45.3. The van der Waals surface area contributed by atoms with Gasteiger partial charge < -0.3 is 5.53 Å². The molecule has 1 rings (SSSR count). The summed E-state index contributed by atoms with van der Waals surface area (Å²) in [6.07, 6.45) is 2.97. The molecule has 92 valence electrons. The van der Waals surface area contributed by atoms with Crippen LogP contribution in [0.2, 0.25) is 0 Å². The van der Waals surface area contributed by atoms with Gasteiger partial charge in [-0.1, -0.05) is 19.3 Å². The highest BCUT2D eigenvalue weighted by Crippen LogP contribution is 2.39. The summed E-state index contributed by atoms with van der Waals surface area (Å²) in [6.45, 7) is 0. The fraction of sp³-hybridized carbons (Fsp3) is 0.875. The minimum absolute atomic E-state index is 0.0696. The molecule has 1 aliphatic rings. The Hall–Kier alpha value is -0.720. The van der Waals surface area contributed by atoms with E-state index in [9.17, 15) is 16.8 Å². The van der Waals surface area contributed by atoms with Crippen LogP contribution in [0.5, 0.6) is 0 Å². The zero-order valence-corrected chi connectivity index (χ0v) is 10.6. The average Bonchev–Trinajstić information content (AvgIpc) is 2.17. The number of hydrogen-bond acceptors (Lipinski definition) is 4. The molecule has 0 saturated heterocycles. The smallest absolute Gasteiger partial charge is 0.361 e.